The molecule has 0 fully saturated rings. The van der Waals surface area contributed by atoms with Gasteiger partial charge in [0.05, 0.1) is 7.11 Å². The number of nitrogens with one attached hydrogen (secondary N) is 1. The fourth-order valence-electron chi connectivity index (χ4n) is 2.70. The van der Waals surface area contributed by atoms with E-state index in [1.165, 1.54) is 18.2 Å². The Morgan fingerprint density at radius 3 is 2.07 bits per heavy atom. The number of nitrogens with two attached hydrogens (primary N) is 1. The SMILES string of the molecule is COC(=O)[C@@H](CCCc1ccc(CCCCN)cc1)NC(=O)OC(C)(C)C. The lowest BCUT2D eigenvalue weighted by atomic mass is 10.0. The van der Waals surface area contributed by atoms with E-state index in [0.717, 1.165) is 38.6 Å². The maximum atomic E-state index is 11.9. The Balaban J connectivity index is 2.48. The summed E-state index contributed by atoms with van der Waals surface area (Å²) in [6.07, 6.45) is 4.65. The predicted molar refractivity (Wildman–Crippen MR) is 107 cm³/mol. The quantitative estimate of drug-likeness (QED) is 0.481. The van der Waals surface area contributed by atoms with Crippen molar-refractivity contribution in [3.8, 4) is 0 Å². The Kier molecular flexibility index (Phi) is 9.86. The van der Waals surface area contributed by atoms with Crippen molar-refractivity contribution >= 4 is 12.1 Å². The number of unbranched alkanes of at least 4 members (excludes halogenated alkanes) is 1. The van der Waals surface area contributed by atoms with Crippen molar-refractivity contribution in [1.82, 2.24) is 5.32 Å². The van der Waals surface area contributed by atoms with E-state index in [0.29, 0.717) is 6.42 Å². The highest BCUT2D eigenvalue weighted by Crippen LogP contribution is 2.12. The van der Waals surface area contributed by atoms with Crippen LogP contribution < -0.4 is 11.1 Å². The second-order valence-electron chi connectivity index (χ2n) is 7.68. The molecule has 6 nitrogen and oxygen atoms in total. The van der Waals surface area contributed by atoms with Crippen LogP contribution in [0.25, 0.3) is 0 Å². The lowest BCUT2D eigenvalue weighted by Crippen LogP contribution is -2.44. The monoisotopic (exact) mass is 378 g/mol. The van der Waals surface area contributed by atoms with Crippen LogP contribution in [-0.4, -0.2) is 37.4 Å². The Labute approximate surface area is 162 Å². The standard InChI is InChI=1S/C21H34N2O4/c1-21(2,3)27-20(25)23-18(19(24)26-4)10-7-9-17-13-11-16(12-14-17)8-5-6-15-22/h11-14,18H,5-10,15,22H2,1-4H3,(H,23,25)/t18-/m1/s1. The van der Waals surface area contributed by atoms with Gasteiger partial charge in [0.15, 0.2) is 0 Å². The molecule has 1 aromatic rings. The molecule has 3 N–H and O–H groups in total. The van der Waals surface area contributed by atoms with Gasteiger partial charge in [-0.3, -0.25) is 0 Å². The molecule has 0 radical (unpaired) electrons. The van der Waals surface area contributed by atoms with Gasteiger partial charge in [0.2, 0.25) is 0 Å². The number of hydrogen-bond donors (Lipinski definition) is 2. The summed E-state index contributed by atoms with van der Waals surface area (Å²) in [5.74, 6) is -0.462. The highest BCUT2D eigenvalue weighted by molar-refractivity contribution is 5.81. The summed E-state index contributed by atoms with van der Waals surface area (Å²) in [5.41, 5.74) is 7.42. The maximum Gasteiger partial charge on any atom is 0.408 e. The Bertz CT molecular complexity index is 579. The molecule has 0 aliphatic carbocycles. The summed E-state index contributed by atoms with van der Waals surface area (Å²) in [6, 6.07) is 7.81. The summed E-state index contributed by atoms with van der Waals surface area (Å²) >= 11 is 0. The molecule has 6 heteroatoms. The number of ether oxygens (including phenoxy) is 2. The summed E-state index contributed by atoms with van der Waals surface area (Å²) in [4.78, 5) is 23.8. The lowest BCUT2D eigenvalue weighted by molar-refractivity contribution is -0.143. The van der Waals surface area contributed by atoms with E-state index in [4.69, 9.17) is 15.2 Å². The summed E-state index contributed by atoms with van der Waals surface area (Å²) < 4.78 is 10.0. The first-order valence-electron chi connectivity index (χ1n) is 9.60. The van der Waals surface area contributed by atoms with Crippen molar-refractivity contribution in [3.63, 3.8) is 0 Å². The first-order valence-corrected chi connectivity index (χ1v) is 9.60. The van der Waals surface area contributed by atoms with Gasteiger partial charge in [-0.1, -0.05) is 24.3 Å². The van der Waals surface area contributed by atoms with Crippen LogP contribution in [0.1, 0.15) is 57.6 Å². The molecule has 0 spiro atoms. The van der Waals surface area contributed by atoms with Gasteiger partial charge in [0.1, 0.15) is 11.6 Å². The number of rotatable bonds is 10. The molecular formula is C21H34N2O4. The number of methoxy groups -OCH3 is 1. The van der Waals surface area contributed by atoms with Gasteiger partial charge in [-0.05, 0) is 77.0 Å². The van der Waals surface area contributed by atoms with Gasteiger partial charge in [0.25, 0.3) is 0 Å². The van der Waals surface area contributed by atoms with Gasteiger partial charge in [0, 0.05) is 0 Å². The molecule has 0 bridgehead atoms. The maximum absolute atomic E-state index is 11.9. The fraction of sp³-hybridized carbons (Fsp3) is 0.619. The summed E-state index contributed by atoms with van der Waals surface area (Å²) in [5, 5.41) is 2.60. The van der Waals surface area contributed by atoms with Gasteiger partial charge in [-0.2, -0.15) is 0 Å². The highest BCUT2D eigenvalue weighted by Gasteiger charge is 2.24. The Morgan fingerprint density at radius 1 is 1.04 bits per heavy atom. The molecule has 1 atom stereocenters. The van der Waals surface area contributed by atoms with Crippen molar-refractivity contribution in [2.24, 2.45) is 5.73 Å². The van der Waals surface area contributed by atoms with Crippen LogP contribution in [-0.2, 0) is 27.1 Å². The third-order valence-corrected chi connectivity index (χ3v) is 4.08. The smallest absolute Gasteiger partial charge is 0.408 e. The Hall–Kier alpha value is -2.08. The van der Waals surface area contributed by atoms with Crippen molar-refractivity contribution < 1.29 is 19.1 Å². The van der Waals surface area contributed by atoms with Crippen molar-refractivity contribution in [2.75, 3.05) is 13.7 Å². The highest BCUT2D eigenvalue weighted by atomic mass is 16.6. The lowest BCUT2D eigenvalue weighted by Gasteiger charge is -2.22. The Morgan fingerprint density at radius 2 is 1.59 bits per heavy atom. The first kappa shape index (κ1) is 23.0. The number of aryl methyl sites for hydroxylation is 2. The number of carbonyl (C=O) groups is 2. The average molecular weight is 379 g/mol. The predicted octanol–water partition coefficient (Wildman–Crippen LogP) is 3.36. The minimum atomic E-state index is -0.708. The van der Waals surface area contributed by atoms with Gasteiger partial charge >= 0.3 is 12.1 Å². The van der Waals surface area contributed by atoms with Gasteiger partial charge in [-0.25, -0.2) is 9.59 Å². The minimum absolute atomic E-state index is 0.462. The molecule has 0 heterocycles. The second kappa shape index (κ2) is 11.6. The van der Waals surface area contributed by atoms with Crippen LogP contribution in [0.3, 0.4) is 0 Å². The molecule has 0 aromatic heterocycles. The van der Waals surface area contributed by atoms with Crippen LogP contribution in [0.2, 0.25) is 0 Å². The number of carbonyl (C=O) groups excluding carboxylic acids is 2. The van der Waals surface area contributed by atoms with Crippen molar-refractivity contribution in [2.45, 2.75) is 70.9 Å². The average Bonchev–Trinajstić information content (AvgIpc) is 2.60. The van der Waals surface area contributed by atoms with Crippen molar-refractivity contribution in [3.05, 3.63) is 35.4 Å². The zero-order chi connectivity index (χ0) is 20.3. The molecule has 27 heavy (non-hydrogen) atoms. The number of hydrogen-bond acceptors (Lipinski definition) is 5. The van der Waals surface area contributed by atoms with Crippen LogP contribution >= 0.6 is 0 Å². The van der Waals surface area contributed by atoms with Gasteiger partial charge < -0.3 is 20.5 Å². The van der Waals surface area contributed by atoms with E-state index in [1.54, 1.807) is 20.8 Å². The van der Waals surface area contributed by atoms with E-state index < -0.39 is 23.7 Å². The second-order valence-corrected chi connectivity index (χ2v) is 7.68. The van der Waals surface area contributed by atoms with Gasteiger partial charge in [-0.15, -0.1) is 0 Å². The number of alkyl carbamates (subject to hydrolysis) is 1. The third kappa shape index (κ3) is 9.99. The molecule has 1 rings (SSSR count). The van der Waals surface area contributed by atoms with E-state index in [-0.39, 0.29) is 0 Å². The van der Waals surface area contributed by atoms with E-state index in [9.17, 15) is 9.59 Å². The first-order chi connectivity index (χ1) is 12.7. The van der Waals surface area contributed by atoms with E-state index in [2.05, 4.69) is 29.6 Å². The van der Waals surface area contributed by atoms with Crippen molar-refractivity contribution in [1.29, 1.82) is 0 Å². The minimum Gasteiger partial charge on any atom is -0.467 e. The topological polar surface area (TPSA) is 90.6 Å². The van der Waals surface area contributed by atoms with E-state index in [1.807, 2.05) is 0 Å². The number of amides is 1. The molecule has 0 saturated carbocycles. The van der Waals surface area contributed by atoms with Crippen LogP contribution in [0.15, 0.2) is 24.3 Å². The zero-order valence-corrected chi connectivity index (χ0v) is 17.0. The molecule has 1 amide bonds. The number of benzene rings is 1. The molecule has 0 unspecified atom stereocenters. The molecule has 152 valence electrons. The van der Waals surface area contributed by atoms with Crippen LogP contribution in [0.4, 0.5) is 4.79 Å². The fourth-order valence-corrected chi connectivity index (χ4v) is 2.70. The molecule has 1 aromatic carbocycles. The molecule has 0 aliphatic heterocycles. The zero-order valence-electron chi connectivity index (χ0n) is 17.0. The van der Waals surface area contributed by atoms with E-state index >= 15 is 0 Å². The largest absolute Gasteiger partial charge is 0.467 e. The van der Waals surface area contributed by atoms with Crippen LogP contribution in [0.5, 0.6) is 0 Å². The molecular weight excluding hydrogens is 344 g/mol. The molecule has 0 saturated heterocycles. The third-order valence-electron chi connectivity index (χ3n) is 4.08. The summed E-state index contributed by atoms with van der Waals surface area (Å²) in [7, 11) is 1.31. The summed E-state index contributed by atoms with van der Waals surface area (Å²) in [6.45, 7) is 6.06. The normalized spacial score (nSPS) is 12.3. The number of esters is 1. The van der Waals surface area contributed by atoms with Crippen LogP contribution in [0, 0.1) is 0 Å². The molecule has 0 aliphatic rings.